The summed E-state index contributed by atoms with van der Waals surface area (Å²) in [7, 11) is 1.46. The van der Waals surface area contributed by atoms with Gasteiger partial charge in [0.2, 0.25) is 5.90 Å². The summed E-state index contributed by atoms with van der Waals surface area (Å²) in [5, 5.41) is 7.14. The lowest BCUT2D eigenvalue weighted by atomic mass is 10.3. The smallest absolute Gasteiger partial charge is 0.219 e. The lowest BCUT2D eigenvalue weighted by molar-refractivity contribution is 0.309. The Morgan fingerprint density at radius 2 is 1.92 bits per heavy atom. The van der Waals surface area contributed by atoms with Crippen molar-refractivity contribution in [1.29, 1.82) is 5.41 Å². The van der Waals surface area contributed by atoms with Crippen LogP contribution in [0.25, 0.3) is 0 Å². The van der Waals surface area contributed by atoms with E-state index in [9.17, 15) is 0 Å². The van der Waals surface area contributed by atoms with E-state index in [1.54, 1.807) is 0 Å². The fourth-order valence-electron chi connectivity index (χ4n) is 0.725. The number of ether oxygens (including phenoxy) is 2. The van der Waals surface area contributed by atoms with Crippen molar-refractivity contribution in [2.24, 2.45) is 0 Å². The summed E-state index contributed by atoms with van der Waals surface area (Å²) in [6.07, 6.45) is 0. The minimum atomic E-state index is 0. The zero-order valence-corrected chi connectivity index (χ0v) is 8.14. The van der Waals surface area contributed by atoms with Crippen LogP contribution >= 0.6 is 12.4 Å². The first-order valence-electron chi connectivity index (χ1n) is 3.62. The molecule has 0 aliphatic heterocycles. The molecular weight excluding hydrogens is 190 g/mol. The average Bonchev–Trinajstić information content (AvgIpc) is 2.16. The van der Waals surface area contributed by atoms with Crippen LogP contribution in [0.5, 0.6) is 5.75 Å². The van der Waals surface area contributed by atoms with E-state index in [-0.39, 0.29) is 24.9 Å². The van der Waals surface area contributed by atoms with Gasteiger partial charge in [-0.25, -0.2) is 0 Å². The first-order valence-corrected chi connectivity index (χ1v) is 3.62. The van der Waals surface area contributed by atoms with Gasteiger partial charge in [0.25, 0.3) is 0 Å². The SMILES string of the molecule is COC(=N)COc1ccccc1.Cl. The molecule has 0 saturated heterocycles. The van der Waals surface area contributed by atoms with Crippen molar-refractivity contribution in [3.05, 3.63) is 30.3 Å². The molecule has 1 aromatic rings. The van der Waals surface area contributed by atoms with Gasteiger partial charge in [-0.3, -0.25) is 5.41 Å². The molecule has 0 aromatic heterocycles. The third kappa shape index (κ3) is 4.38. The maximum atomic E-state index is 7.14. The Morgan fingerprint density at radius 1 is 1.31 bits per heavy atom. The molecule has 0 unspecified atom stereocenters. The number of halogens is 1. The van der Waals surface area contributed by atoms with Gasteiger partial charge < -0.3 is 9.47 Å². The zero-order chi connectivity index (χ0) is 8.81. The highest BCUT2D eigenvalue weighted by Gasteiger charge is 1.95. The monoisotopic (exact) mass is 201 g/mol. The Hall–Kier alpha value is -1.22. The van der Waals surface area contributed by atoms with Crippen LogP contribution in [0.1, 0.15) is 0 Å². The van der Waals surface area contributed by atoms with Gasteiger partial charge in [-0.2, -0.15) is 0 Å². The van der Waals surface area contributed by atoms with Crippen LogP contribution in [0.2, 0.25) is 0 Å². The van der Waals surface area contributed by atoms with Crippen molar-refractivity contribution in [2.45, 2.75) is 0 Å². The fourth-order valence-corrected chi connectivity index (χ4v) is 0.725. The number of benzene rings is 1. The minimum absolute atomic E-state index is 0. The average molecular weight is 202 g/mol. The van der Waals surface area contributed by atoms with Crippen molar-refractivity contribution < 1.29 is 9.47 Å². The first-order chi connectivity index (χ1) is 5.83. The van der Waals surface area contributed by atoms with Gasteiger partial charge in [-0.1, -0.05) is 18.2 Å². The maximum Gasteiger partial charge on any atom is 0.219 e. The number of nitrogens with one attached hydrogen (secondary N) is 1. The number of rotatable bonds is 3. The molecule has 0 radical (unpaired) electrons. The normalized spacial score (nSPS) is 8.38. The summed E-state index contributed by atoms with van der Waals surface area (Å²) < 4.78 is 9.84. The molecule has 4 heteroatoms. The molecule has 0 aliphatic carbocycles. The standard InChI is InChI=1S/C9H11NO2.ClH/c1-11-9(10)7-12-8-5-3-2-4-6-8;/h2-6,10H,7H2,1H3;1H. The van der Waals surface area contributed by atoms with E-state index in [2.05, 4.69) is 4.74 Å². The lowest BCUT2D eigenvalue weighted by Gasteiger charge is -2.04. The molecule has 0 spiro atoms. The summed E-state index contributed by atoms with van der Waals surface area (Å²) in [4.78, 5) is 0. The molecule has 0 aliphatic rings. The van der Waals surface area contributed by atoms with Gasteiger partial charge in [-0.05, 0) is 12.1 Å². The molecule has 13 heavy (non-hydrogen) atoms. The summed E-state index contributed by atoms with van der Waals surface area (Å²) in [5.41, 5.74) is 0. The molecule has 3 nitrogen and oxygen atoms in total. The van der Waals surface area contributed by atoms with Crippen molar-refractivity contribution in [3.8, 4) is 5.75 Å². The Labute approximate surface area is 83.6 Å². The first kappa shape index (κ1) is 11.8. The highest BCUT2D eigenvalue weighted by atomic mass is 35.5. The van der Waals surface area contributed by atoms with Gasteiger partial charge in [0.05, 0.1) is 7.11 Å². The molecule has 0 fully saturated rings. The highest BCUT2D eigenvalue weighted by molar-refractivity contribution is 5.85. The molecule has 0 heterocycles. The fraction of sp³-hybridized carbons (Fsp3) is 0.222. The van der Waals surface area contributed by atoms with Crippen molar-refractivity contribution in [2.75, 3.05) is 13.7 Å². The van der Waals surface area contributed by atoms with Crippen LogP contribution < -0.4 is 4.74 Å². The second-order valence-electron chi connectivity index (χ2n) is 2.23. The molecule has 0 saturated carbocycles. The molecule has 0 bridgehead atoms. The van der Waals surface area contributed by atoms with E-state index in [0.717, 1.165) is 5.75 Å². The van der Waals surface area contributed by atoms with E-state index < -0.39 is 0 Å². The Bertz CT molecular complexity index is 251. The van der Waals surface area contributed by atoms with Gasteiger partial charge in [-0.15, -0.1) is 12.4 Å². The highest BCUT2D eigenvalue weighted by Crippen LogP contribution is 2.07. The van der Waals surface area contributed by atoms with Gasteiger partial charge in [0.1, 0.15) is 5.75 Å². The third-order valence-corrected chi connectivity index (χ3v) is 1.36. The van der Waals surface area contributed by atoms with Crippen molar-refractivity contribution in [1.82, 2.24) is 0 Å². The number of para-hydroxylation sites is 1. The molecular formula is C9H12ClNO2. The Kier molecular flexibility index (Phi) is 5.72. The van der Waals surface area contributed by atoms with Crippen LogP contribution in [0.3, 0.4) is 0 Å². The van der Waals surface area contributed by atoms with Gasteiger partial charge in [0, 0.05) is 0 Å². The summed E-state index contributed by atoms with van der Waals surface area (Å²) >= 11 is 0. The topological polar surface area (TPSA) is 42.3 Å². The van der Waals surface area contributed by atoms with Crippen LogP contribution in [0.15, 0.2) is 30.3 Å². The number of methoxy groups -OCH3 is 1. The number of hydrogen-bond donors (Lipinski definition) is 1. The Balaban J connectivity index is 0.00000144. The Morgan fingerprint density at radius 3 is 2.46 bits per heavy atom. The van der Waals surface area contributed by atoms with Crippen LogP contribution in [0, 0.1) is 5.41 Å². The molecule has 1 rings (SSSR count). The van der Waals surface area contributed by atoms with E-state index in [4.69, 9.17) is 10.1 Å². The van der Waals surface area contributed by atoms with E-state index >= 15 is 0 Å². The third-order valence-electron chi connectivity index (χ3n) is 1.36. The molecule has 1 aromatic carbocycles. The minimum Gasteiger partial charge on any atom is -0.484 e. The second-order valence-corrected chi connectivity index (χ2v) is 2.23. The number of hydrogen-bond acceptors (Lipinski definition) is 3. The van der Waals surface area contributed by atoms with E-state index in [1.807, 2.05) is 30.3 Å². The lowest BCUT2D eigenvalue weighted by Crippen LogP contribution is -2.11. The van der Waals surface area contributed by atoms with E-state index in [0.29, 0.717) is 0 Å². The predicted molar refractivity (Wildman–Crippen MR) is 53.9 cm³/mol. The quantitative estimate of drug-likeness (QED) is 0.601. The molecule has 0 amide bonds. The molecule has 0 atom stereocenters. The van der Waals surface area contributed by atoms with Crippen molar-refractivity contribution in [3.63, 3.8) is 0 Å². The van der Waals surface area contributed by atoms with Gasteiger partial charge >= 0.3 is 0 Å². The predicted octanol–water partition coefficient (Wildman–Crippen LogP) is 2.11. The molecule has 1 N–H and O–H groups in total. The zero-order valence-electron chi connectivity index (χ0n) is 7.32. The molecule has 72 valence electrons. The van der Waals surface area contributed by atoms with Crippen LogP contribution in [0.4, 0.5) is 0 Å². The van der Waals surface area contributed by atoms with Crippen molar-refractivity contribution >= 4 is 18.3 Å². The van der Waals surface area contributed by atoms with E-state index in [1.165, 1.54) is 7.11 Å². The van der Waals surface area contributed by atoms with Gasteiger partial charge in [0.15, 0.2) is 6.61 Å². The van der Waals surface area contributed by atoms with Crippen LogP contribution in [-0.2, 0) is 4.74 Å². The largest absolute Gasteiger partial charge is 0.484 e. The summed E-state index contributed by atoms with van der Waals surface area (Å²) in [5.74, 6) is 0.873. The summed E-state index contributed by atoms with van der Waals surface area (Å²) in [6, 6.07) is 9.35. The second kappa shape index (κ2) is 6.31. The van der Waals surface area contributed by atoms with Crippen LogP contribution in [-0.4, -0.2) is 19.6 Å². The summed E-state index contributed by atoms with van der Waals surface area (Å²) in [6.45, 7) is 0.181. The maximum absolute atomic E-state index is 7.14.